The molecule has 0 saturated carbocycles. The maximum Gasteiger partial charge on any atom is 0.314 e. The Morgan fingerprint density at radius 3 is 0.984 bits per heavy atom. The average Bonchev–Trinajstić information content (AvgIpc) is 3.57. The highest BCUT2D eigenvalue weighted by Gasteiger charge is 2.20. The molecule has 0 bridgehead atoms. The largest absolute Gasteiger partial charge is 0.481 e. The van der Waals surface area contributed by atoms with E-state index < -0.39 is 90.5 Å². The van der Waals surface area contributed by atoms with Crippen LogP contribution in [0.5, 0.6) is 0 Å². The lowest BCUT2D eigenvalue weighted by molar-refractivity contribution is -0.160. The molecule has 1 rings (SSSR count). The predicted octanol–water partition coefficient (Wildman–Crippen LogP) is 0.192. The first-order valence-electron chi connectivity index (χ1n) is 20.5. The van der Waals surface area contributed by atoms with E-state index in [9.17, 15) is 38.4 Å². The van der Waals surface area contributed by atoms with Crippen molar-refractivity contribution in [1.29, 1.82) is 0 Å². The first-order valence-corrected chi connectivity index (χ1v) is 20.5. The normalized spacial score (nSPS) is 15.8. The van der Waals surface area contributed by atoms with Crippen LogP contribution in [0.25, 0.3) is 0 Å². The highest BCUT2D eigenvalue weighted by molar-refractivity contribution is 5.92. The Kier molecular flexibility index (Phi) is 36.6. The van der Waals surface area contributed by atoms with Gasteiger partial charge in [0.2, 0.25) is 0 Å². The van der Waals surface area contributed by atoms with Crippen molar-refractivity contribution in [2.75, 3.05) is 66.1 Å². The van der Waals surface area contributed by atoms with E-state index in [0.29, 0.717) is 0 Å². The maximum atomic E-state index is 11.7. The summed E-state index contributed by atoms with van der Waals surface area (Å²) < 4.78 is 52.0. The fourth-order valence-electron chi connectivity index (χ4n) is 4.32. The minimum atomic E-state index is -1.13. The van der Waals surface area contributed by atoms with Gasteiger partial charge >= 0.3 is 47.8 Å². The predicted molar refractivity (Wildman–Crippen MR) is 215 cm³/mol. The molecule has 6 atom stereocenters. The zero-order chi connectivity index (χ0) is 49.0. The molecule has 0 aliphatic carbocycles. The molecule has 372 valence electrons. The lowest BCUT2D eigenvalue weighted by Crippen LogP contribution is -2.33. The zero-order valence-corrected chi connectivity index (χ0v) is 37.4. The number of carbonyl (C=O) groups excluding carboxylic acids is 5. The van der Waals surface area contributed by atoms with Gasteiger partial charge in [0.25, 0.3) is 0 Å². The molecule has 6 unspecified atom stereocenters. The van der Waals surface area contributed by atoms with E-state index in [1.807, 2.05) is 0 Å². The smallest absolute Gasteiger partial charge is 0.314 e. The van der Waals surface area contributed by atoms with Crippen molar-refractivity contribution in [3.63, 3.8) is 0 Å². The van der Waals surface area contributed by atoms with Crippen LogP contribution in [-0.4, -0.2) is 193 Å². The first kappa shape index (κ1) is 61.7. The number of hydrogen-bond acceptors (Lipinski definition) is 21. The van der Waals surface area contributed by atoms with Crippen LogP contribution in [0.15, 0.2) is 0 Å². The van der Waals surface area contributed by atoms with Crippen LogP contribution in [0.4, 0.5) is 0 Å². The molecule has 24 nitrogen and oxygen atoms in total. The second-order valence-corrected chi connectivity index (χ2v) is 14.5. The SMILES string of the molecule is CC(COCC(COCC(C)OC(=O)CCC(=O)O)OCC(C)OC(=O)CCC(=O)O)OC(=O)CCC(=O)O.CC(O)COCC(COCC(C)O)OCC(C)O.O=C1CCC(=O)O1. The molecule has 1 heterocycles. The summed E-state index contributed by atoms with van der Waals surface area (Å²) in [5.41, 5.74) is 0. The number of ether oxygens (including phenoxy) is 10. The van der Waals surface area contributed by atoms with Crippen molar-refractivity contribution in [1.82, 2.24) is 0 Å². The van der Waals surface area contributed by atoms with Gasteiger partial charge in [-0.1, -0.05) is 0 Å². The van der Waals surface area contributed by atoms with Crippen LogP contribution in [0.2, 0.25) is 0 Å². The van der Waals surface area contributed by atoms with Gasteiger partial charge in [0, 0.05) is 0 Å². The van der Waals surface area contributed by atoms with Crippen LogP contribution in [-0.2, 0) is 85.7 Å². The minimum absolute atomic E-state index is 0.0318. The lowest BCUT2D eigenvalue weighted by atomic mass is 10.3. The molecule has 0 aromatic carbocycles. The van der Waals surface area contributed by atoms with Gasteiger partial charge in [-0.3, -0.25) is 38.4 Å². The van der Waals surface area contributed by atoms with Gasteiger partial charge < -0.3 is 78.0 Å². The molecular weight excluding hydrogens is 864 g/mol. The van der Waals surface area contributed by atoms with Crippen LogP contribution < -0.4 is 0 Å². The summed E-state index contributed by atoms with van der Waals surface area (Å²) in [7, 11) is 0. The fourth-order valence-corrected chi connectivity index (χ4v) is 4.32. The topological polar surface area (TPSA) is 350 Å². The van der Waals surface area contributed by atoms with E-state index in [1.165, 1.54) is 0 Å². The third-order valence-electron chi connectivity index (χ3n) is 7.17. The molecule has 1 aliphatic heterocycles. The van der Waals surface area contributed by atoms with Crippen molar-refractivity contribution in [2.45, 2.75) is 142 Å². The molecule has 24 heteroatoms. The molecule has 0 spiro atoms. The van der Waals surface area contributed by atoms with Crippen molar-refractivity contribution in [2.24, 2.45) is 0 Å². The van der Waals surface area contributed by atoms with Gasteiger partial charge in [-0.15, -0.1) is 0 Å². The summed E-state index contributed by atoms with van der Waals surface area (Å²) in [6, 6.07) is 0. The average molecular weight is 933 g/mol. The fraction of sp³-hybridized carbons (Fsp3) is 0.800. The number of carbonyl (C=O) groups is 8. The molecule has 0 aromatic heterocycles. The van der Waals surface area contributed by atoms with Gasteiger partial charge in [0.15, 0.2) is 0 Å². The Labute approximate surface area is 371 Å². The van der Waals surface area contributed by atoms with Crippen molar-refractivity contribution >= 4 is 47.8 Å². The highest BCUT2D eigenvalue weighted by Crippen LogP contribution is 2.07. The monoisotopic (exact) mass is 932 g/mol. The third-order valence-corrected chi connectivity index (χ3v) is 7.17. The van der Waals surface area contributed by atoms with E-state index in [-0.39, 0.29) is 124 Å². The first-order chi connectivity index (χ1) is 30.0. The Morgan fingerprint density at radius 2 is 0.719 bits per heavy atom. The number of cyclic esters (lactones) is 2. The summed E-state index contributed by atoms with van der Waals surface area (Å²) >= 11 is 0. The zero-order valence-electron chi connectivity index (χ0n) is 37.4. The number of carboxylic acids is 3. The summed E-state index contributed by atoms with van der Waals surface area (Å²) in [4.78, 5) is 86.7. The molecule has 64 heavy (non-hydrogen) atoms. The lowest BCUT2D eigenvalue weighted by Gasteiger charge is -2.22. The number of aliphatic hydroxyl groups is 3. The van der Waals surface area contributed by atoms with Gasteiger partial charge in [-0.25, -0.2) is 0 Å². The number of rotatable bonds is 34. The van der Waals surface area contributed by atoms with Gasteiger partial charge in [0.1, 0.15) is 30.5 Å². The molecule has 0 amide bonds. The van der Waals surface area contributed by atoms with Gasteiger partial charge in [0.05, 0.1) is 136 Å². The van der Waals surface area contributed by atoms with Gasteiger partial charge in [-0.05, 0) is 41.5 Å². The summed E-state index contributed by atoms with van der Waals surface area (Å²) in [6.45, 7) is 10.6. The molecule has 0 radical (unpaired) electrons. The summed E-state index contributed by atoms with van der Waals surface area (Å²) in [5, 5.41) is 53.2. The minimum Gasteiger partial charge on any atom is -0.481 e. The number of aliphatic carboxylic acids is 3. The third kappa shape index (κ3) is 42.9. The second kappa shape index (κ2) is 37.9. The second-order valence-electron chi connectivity index (χ2n) is 14.5. The van der Waals surface area contributed by atoms with Crippen LogP contribution in [0.1, 0.15) is 92.9 Å². The maximum absolute atomic E-state index is 11.7. The molecule has 6 N–H and O–H groups in total. The molecular formula is C40H68O24. The molecule has 0 aromatic rings. The summed E-state index contributed by atoms with van der Waals surface area (Å²) in [6.07, 6.45) is -6.08. The molecule has 1 aliphatic rings. The van der Waals surface area contributed by atoms with Crippen LogP contribution in [0.3, 0.4) is 0 Å². The van der Waals surface area contributed by atoms with E-state index in [1.54, 1.807) is 41.5 Å². The Balaban J connectivity index is 0. The molecule has 1 saturated heterocycles. The van der Waals surface area contributed by atoms with E-state index in [4.69, 9.17) is 73.3 Å². The summed E-state index contributed by atoms with van der Waals surface area (Å²) in [5.74, 6) is -6.24. The number of esters is 5. The van der Waals surface area contributed by atoms with Crippen LogP contribution >= 0.6 is 0 Å². The Bertz CT molecular complexity index is 1280. The number of aliphatic hydroxyl groups excluding tert-OH is 3. The Morgan fingerprint density at radius 1 is 0.438 bits per heavy atom. The van der Waals surface area contributed by atoms with Crippen LogP contribution in [0, 0.1) is 0 Å². The van der Waals surface area contributed by atoms with E-state index >= 15 is 0 Å². The quantitative estimate of drug-likeness (QED) is 0.0285. The Hall–Kier alpha value is -4.40. The van der Waals surface area contributed by atoms with E-state index in [2.05, 4.69) is 4.74 Å². The molecule has 1 fully saturated rings. The van der Waals surface area contributed by atoms with Crippen molar-refractivity contribution in [3.8, 4) is 0 Å². The van der Waals surface area contributed by atoms with Gasteiger partial charge in [-0.2, -0.15) is 0 Å². The number of hydrogen-bond donors (Lipinski definition) is 6. The van der Waals surface area contributed by atoms with Crippen molar-refractivity contribution < 1.29 is 116 Å². The van der Waals surface area contributed by atoms with Crippen molar-refractivity contribution in [3.05, 3.63) is 0 Å². The van der Waals surface area contributed by atoms with E-state index in [0.717, 1.165) is 0 Å². The highest BCUT2D eigenvalue weighted by atomic mass is 16.6. The number of carboxylic acid groups (broad SMARTS) is 3. The standard InChI is InChI=1S/C24H38O15.C12H26O6.C4H4O3/c1-15(37-22(31)7-4-19(25)26)10-34-13-18(36-12-17(3)39-24(33)9-6-21(29)30)14-35-11-16(2)38-23(32)8-5-20(27)28;1-9(13)4-16-7-12(18-6-11(3)15)8-17-5-10(2)14;5-3-1-2-4(6)7-3/h15-18H,4-14H2,1-3H3,(H,25,26)(H,27,28)(H,29,30);9-15H,4-8H2,1-3H3;1-2H2.